The summed E-state index contributed by atoms with van der Waals surface area (Å²) in [6, 6.07) is 7.23. The second kappa shape index (κ2) is 5.19. The maximum atomic E-state index is 10.6. The Kier molecular flexibility index (Phi) is 3.64. The summed E-state index contributed by atoms with van der Waals surface area (Å²) >= 11 is 0. The van der Waals surface area contributed by atoms with Crippen LogP contribution in [0.4, 0.5) is 5.69 Å². The number of anilines is 1. The molecule has 0 amide bonds. The molecule has 1 aromatic carbocycles. The lowest BCUT2D eigenvalue weighted by Gasteiger charge is -2.18. The number of carbonyl (C=O) groups is 1. The van der Waals surface area contributed by atoms with Gasteiger partial charge in [0.05, 0.1) is 0 Å². The van der Waals surface area contributed by atoms with E-state index in [2.05, 4.69) is 17.0 Å². The van der Waals surface area contributed by atoms with Crippen molar-refractivity contribution in [3.05, 3.63) is 29.8 Å². The first-order chi connectivity index (χ1) is 8.16. The lowest BCUT2D eigenvalue weighted by Crippen LogP contribution is -2.32. The zero-order valence-corrected chi connectivity index (χ0v) is 9.80. The number of benzene rings is 1. The van der Waals surface area contributed by atoms with Crippen LogP contribution in [-0.2, 0) is 11.2 Å². The van der Waals surface area contributed by atoms with Gasteiger partial charge >= 0.3 is 5.97 Å². The second-order valence-corrected chi connectivity index (χ2v) is 4.51. The molecule has 0 unspecified atom stereocenters. The Morgan fingerprint density at radius 3 is 2.41 bits per heavy atom. The maximum absolute atomic E-state index is 10.6. The summed E-state index contributed by atoms with van der Waals surface area (Å²) in [6.45, 7) is 2.24. The van der Waals surface area contributed by atoms with E-state index in [1.165, 1.54) is 18.5 Å². The minimum atomic E-state index is -0.950. The summed E-state index contributed by atoms with van der Waals surface area (Å²) in [5.74, 6) is -0.950. The van der Waals surface area contributed by atoms with Crippen molar-refractivity contribution < 1.29 is 9.90 Å². The molecule has 0 bridgehead atoms. The van der Waals surface area contributed by atoms with Gasteiger partial charge in [0.15, 0.2) is 0 Å². The normalized spacial score (nSPS) is 17.1. The first-order valence-corrected chi connectivity index (χ1v) is 5.99. The van der Waals surface area contributed by atoms with Crippen molar-refractivity contribution in [2.45, 2.75) is 25.3 Å². The molecule has 92 valence electrons. The van der Waals surface area contributed by atoms with Crippen molar-refractivity contribution in [1.82, 2.24) is 0 Å². The molecule has 4 heteroatoms. The molecule has 3 N–H and O–H groups in total. The summed E-state index contributed by atoms with van der Waals surface area (Å²) in [7, 11) is 0. The van der Waals surface area contributed by atoms with E-state index in [0.29, 0.717) is 6.42 Å². The van der Waals surface area contributed by atoms with Crippen molar-refractivity contribution in [3.63, 3.8) is 0 Å². The monoisotopic (exact) mass is 234 g/mol. The fourth-order valence-corrected chi connectivity index (χ4v) is 2.16. The van der Waals surface area contributed by atoms with Gasteiger partial charge in [-0.25, -0.2) is 0 Å². The largest absolute Gasteiger partial charge is 0.480 e. The van der Waals surface area contributed by atoms with Gasteiger partial charge in [-0.2, -0.15) is 0 Å². The summed E-state index contributed by atoms with van der Waals surface area (Å²) in [5, 5.41) is 8.74. The predicted octanol–water partition coefficient (Wildman–Crippen LogP) is 1.24. The van der Waals surface area contributed by atoms with E-state index in [-0.39, 0.29) is 0 Å². The number of carboxylic acids is 1. The highest BCUT2D eigenvalue weighted by molar-refractivity contribution is 5.73. The SMILES string of the molecule is N[C@@H](Cc1ccc(N2CCCC2)cc1)C(=O)O. The molecule has 1 atom stereocenters. The number of carboxylic acid groups (broad SMARTS) is 1. The number of hydrogen-bond donors (Lipinski definition) is 2. The molecule has 1 aromatic rings. The van der Waals surface area contributed by atoms with Crippen LogP contribution < -0.4 is 10.6 Å². The number of rotatable bonds is 4. The van der Waals surface area contributed by atoms with Crippen LogP contribution in [0, 0.1) is 0 Å². The first-order valence-electron chi connectivity index (χ1n) is 5.99. The molecular weight excluding hydrogens is 216 g/mol. The first kappa shape index (κ1) is 11.9. The smallest absolute Gasteiger partial charge is 0.320 e. The van der Waals surface area contributed by atoms with Crippen molar-refractivity contribution in [1.29, 1.82) is 0 Å². The van der Waals surface area contributed by atoms with Gasteiger partial charge in [-0.3, -0.25) is 4.79 Å². The molecule has 1 aliphatic heterocycles. The van der Waals surface area contributed by atoms with Gasteiger partial charge in [0.2, 0.25) is 0 Å². The van der Waals surface area contributed by atoms with Crippen molar-refractivity contribution >= 4 is 11.7 Å². The van der Waals surface area contributed by atoms with E-state index >= 15 is 0 Å². The lowest BCUT2D eigenvalue weighted by molar-refractivity contribution is -0.138. The van der Waals surface area contributed by atoms with Gasteiger partial charge in [0.1, 0.15) is 6.04 Å². The summed E-state index contributed by atoms with van der Waals surface area (Å²) < 4.78 is 0. The Morgan fingerprint density at radius 1 is 1.29 bits per heavy atom. The molecule has 17 heavy (non-hydrogen) atoms. The van der Waals surface area contributed by atoms with E-state index < -0.39 is 12.0 Å². The predicted molar refractivity (Wildman–Crippen MR) is 67.2 cm³/mol. The van der Waals surface area contributed by atoms with E-state index in [4.69, 9.17) is 10.8 Å². The third-order valence-electron chi connectivity index (χ3n) is 3.18. The van der Waals surface area contributed by atoms with Gasteiger partial charge in [-0.15, -0.1) is 0 Å². The highest BCUT2D eigenvalue weighted by Gasteiger charge is 2.14. The molecule has 1 heterocycles. The summed E-state index contributed by atoms with van der Waals surface area (Å²) in [5.41, 5.74) is 7.69. The van der Waals surface area contributed by atoms with Crippen LogP contribution in [0.1, 0.15) is 18.4 Å². The van der Waals surface area contributed by atoms with E-state index in [0.717, 1.165) is 18.7 Å². The van der Waals surface area contributed by atoms with Crippen molar-refractivity contribution in [3.8, 4) is 0 Å². The Bertz CT molecular complexity index is 383. The number of nitrogens with zero attached hydrogens (tertiary/aromatic N) is 1. The van der Waals surface area contributed by atoms with E-state index in [1.54, 1.807) is 0 Å². The standard InChI is InChI=1S/C13H18N2O2/c14-12(13(16)17)9-10-3-5-11(6-4-10)15-7-1-2-8-15/h3-6,12H,1-2,7-9,14H2,(H,16,17)/t12-/m0/s1. The van der Waals surface area contributed by atoms with E-state index in [1.807, 2.05) is 12.1 Å². The minimum Gasteiger partial charge on any atom is -0.480 e. The molecule has 1 fully saturated rings. The zero-order chi connectivity index (χ0) is 12.3. The van der Waals surface area contributed by atoms with Crippen LogP contribution in [-0.4, -0.2) is 30.2 Å². The summed E-state index contributed by atoms with van der Waals surface area (Å²) in [4.78, 5) is 13.0. The van der Waals surface area contributed by atoms with E-state index in [9.17, 15) is 4.79 Å². The number of aliphatic carboxylic acids is 1. The zero-order valence-electron chi connectivity index (χ0n) is 9.80. The molecule has 1 aliphatic rings. The molecule has 0 aliphatic carbocycles. The fraction of sp³-hybridized carbons (Fsp3) is 0.462. The molecule has 0 saturated carbocycles. The van der Waals surface area contributed by atoms with Gasteiger partial charge in [0, 0.05) is 18.8 Å². The Balaban J connectivity index is 2.00. The van der Waals surface area contributed by atoms with Gasteiger partial charge in [-0.1, -0.05) is 12.1 Å². The molecular formula is C13H18N2O2. The van der Waals surface area contributed by atoms with Crippen LogP contribution >= 0.6 is 0 Å². The van der Waals surface area contributed by atoms with Gasteiger partial charge < -0.3 is 15.7 Å². The molecule has 2 rings (SSSR count). The average Bonchev–Trinajstić information content (AvgIpc) is 2.83. The highest BCUT2D eigenvalue weighted by Crippen LogP contribution is 2.20. The van der Waals surface area contributed by atoms with Crippen LogP contribution in [0.25, 0.3) is 0 Å². The molecule has 1 saturated heterocycles. The van der Waals surface area contributed by atoms with Gasteiger partial charge in [0.25, 0.3) is 0 Å². The topological polar surface area (TPSA) is 66.6 Å². The minimum absolute atomic E-state index is 0.385. The Labute approximate surface area is 101 Å². The molecule has 0 radical (unpaired) electrons. The van der Waals surface area contributed by atoms with Crippen LogP contribution in [0.2, 0.25) is 0 Å². The average molecular weight is 234 g/mol. The third kappa shape index (κ3) is 2.97. The second-order valence-electron chi connectivity index (χ2n) is 4.51. The van der Waals surface area contributed by atoms with Crippen LogP contribution in [0.3, 0.4) is 0 Å². The summed E-state index contributed by atoms with van der Waals surface area (Å²) in [6.07, 6.45) is 2.90. The fourth-order valence-electron chi connectivity index (χ4n) is 2.16. The number of nitrogens with two attached hydrogens (primary N) is 1. The lowest BCUT2D eigenvalue weighted by atomic mass is 10.1. The van der Waals surface area contributed by atoms with Crippen LogP contribution in [0.15, 0.2) is 24.3 Å². The molecule has 0 aromatic heterocycles. The highest BCUT2D eigenvalue weighted by atomic mass is 16.4. The van der Waals surface area contributed by atoms with Gasteiger partial charge in [-0.05, 0) is 37.0 Å². The molecule has 0 spiro atoms. The quantitative estimate of drug-likeness (QED) is 0.822. The Hall–Kier alpha value is -1.55. The third-order valence-corrected chi connectivity index (χ3v) is 3.18. The van der Waals surface area contributed by atoms with Crippen molar-refractivity contribution in [2.75, 3.05) is 18.0 Å². The van der Waals surface area contributed by atoms with Crippen LogP contribution in [0.5, 0.6) is 0 Å². The molecule has 4 nitrogen and oxygen atoms in total. The number of hydrogen-bond acceptors (Lipinski definition) is 3. The van der Waals surface area contributed by atoms with Crippen molar-refractivity contribution in [2.24, 2.45) is 5.73 Å². The Morgan fingerprint density at radius 2 is 1.88 bits per heavy atom. The maximum Gasteiger partial charge on any atom is 0.320 e.